The fraction of sp³-hybridized carbons (Fsp3) is 0.231. The van der Waals surface area contributed by atoms with Crippen molar-refractivity contribution in [1.82, 2.24) is 9.13 Å². The summed E-state index contributed by atoms with van der Waals surface area (Å²) in [6, 6.07) is 13.9. The smallest absolute Gasteiger partial charge is 0.337 e. The number of aromatic nitrogens is 2. The Balaban J connectivity index is 1.93. The van der Waals surface area contributed by atoms with Crippen LogP contribution in [0.4, 0.5) is 11.5 Å². The molecule has 1 aliphatic heterocycles. The molecule has 180 valence electrons. The third kappa shape index (κ3) is 4.05. The number of hydrogen-bond acceptors (Lipinski definition) is 6. The predicted molar refractivity (Wildman–Crippen MR) is 133 cm³/mol. The van der Waals surface area contributed by atoms with Crippen LogP contribution in [0, 0.1) is 6.92 Å². The van der Waals surface area contributed by atoms with E-state index >= 15 is 0 Å². The minimum Gasteiger partial charge on any atom is -0.465 e. The van der Waals surface area contributed by atoms with E-state index in [1.54, 1.807) is 44.3 Å². The number of esters is 1. The topological polar surface area (TPSA) is 111 Å². The van der Waals surface area contributed by atoms with Gasteiger partial charge in [-0.15, -0.1) is 0 Å². The van der Waals surface area contributed by atoms with Gasteiger partial charge in [0.2, 0.25) is 0 Å². The van der Waals surface area contributed by atoms with Gasteiger partial charge in [0, 0.05) is 31.1 Å². The van der Waals surface area contributed by atoms with Crippen molar-refractivity contribution in [3.05, 3.63) is 103 Å². The van der Waals surface area contributed by atoms with Gasteiger partial charge in [-0.1, -0.05) is 30.3 Å². The van der Waals surface area contributed by atoms with Gasteiger partial charge in [-0.3, -0.25) is 18.7 Å². The number of methoxy groups -OCH3 is 1. The molecule has 1 atom stereocenters. The highest BCUT2D eigenvalue weighted by molar-refractivity contribution is 6.07. The second-order valence-electron chi connectivity index (χ2n) is 8.45. The standard InChI is InChI=1S/C26H26N4O5/c1-14-8-6-7-9-18(14)28-23(31)19-15(2)27-22-21(24(32)30(4)26(34)29(22)3)20(19)16-10-12-17(13-11-16)25(33)35-5/h6-13,20,27H,1-5H3,(H,28,31)/t20-/m1/s1. The van der Waals surface area contributed by atoms with Gasteiger partial charge in [-0.25, -0.2) is 9.59 Å². The molecule has 0 saturated heterocycles. The van der Waals surface area contributed by atoms with Crippen molar-refractivity contribution in [3.8, 4) is 0 Å². The Kier molecular flexibility index (Phi) is 6.17. The van der Waals surface area contributed by atoms with Gasteiger partial charge in [0.25, 0.3) is 11.5 Å². The van der Waals surface area contributed by atoms with E-state index in [1.807, 2.05) is 25.1 Å². The summed E-state index contributed by atoms with van der Waals surface area (Å²) in [6.07, 6.45) is 0. The number of nitrogens with zero attached hydrogens (tertiary/aromatic N) is 2. The monoisotopic (exact) mass is 474 g/mol. The molecule has 9 nitrogen and oxygen atoms in total. The number of allylic oxidation sites excluding steroid dienone is 1. The van der Waals surface area contributed by atoms with E-state index in [0.29, 0.717) is 33.9 Å². The number of fused-ring (bicyclic) bond motifs is 1. The average molecular weight is 475 g/mol. The minimum absolute atomic E-state index is 0.265. The molecule has 0 spiro atoms. The number of amides is 1. The summed E-state index contributed by atoms with van der Waals surface area (Å²) >= 11 is 0. The van der Waals surface area contributed by atoms with Crippen LogP contribution in [0.15, 0.2) is 69.4 Å². The van der Waals surface area contributed by atoms with Crippen molar-refractivity contribution in [1.29, 1.82) is 0 Å². The summed E-state index contributed by atoms with van der Waals surface area (Å²) in [6.45, 7) is 3.62. The van der Waals surface area contributed by atoms with Crippen molar-refractivity contribution in [2.24, 2.45) is 14.1 Å². The molecule has 35 heavy (non-hydrogen) atoms. The molecule has 4 rings (SSSR count). The summed E-state index contributed by atoms with van der Waals surface area (Å²) in [5, 5.41) is 6.05. The van der Waals surface area contributed by atoms with Crippen LogP contribution in [0.25, 0.3) is 0 Å². The Morgan fingerprint density at radius 1 is 0.971 bits per heavy atom. The van der Waals surface area contributed by atoms with Crippen molar-refractivity contribution < 1.29 is 14.3 Å². The van der Waals surface area contributed by atoms with E-state index in [4.69, 9.17) is 4.74 Å². The number of carbonyl (C=O) groups is 2. The first-order valence-corrected chi connectivity index (χ1v) is 11.0. The Labute approximate surface area is 201 Å². The lowest BCUT2D eigenvalue weighted by molar-refractivity contribution is -0.113. The normalized spacial score (nSPS) is 14.7. The molecule has 0 fully saturated rings. The molecule has 2 heterocycles. The van der Waals surface area contributed by atoms with Crippen LogP contribution in [-0.2, 0) is 23.6 Å². The second kappa shape index (κ2) is 9.09. The molecule has 1 aliphatic rings. The summed E-state index contributed by atoms with van der Waals surface area (Å²) in [4.78, 5) is 51.5. The molecule has 0 unspecified atom stereocenters. The zero-order chi connectivity index (χ0) is 25.4. The number of anilines is 2. The molecule has 2 N–H and O–H groups in total. The maximum atomic E-state index is 13.6. The van der Waals surface area contributed by atoms with Crippen LogP contribution in [0.2, 0.25) is 0 Å². The summed E-state index contributed by atoms with van der Waals surface area (Å²) in [7, 11) is 4.26. The SMILES string of the molecule is COC(=O)c1ccc([C@@H]2C(C(=O)Nc3ccccc3C)=C(C)Nc3c2c(=O)n(C)c(=O)n3C)cc1. The lowest BCUT2D eigenvalue weighted by Gasteiger charge is -2.31. The van der Waals surface area contributed by atoms with Gasteiger partial charge in [0.15, 0.2) is 0 Å². The first kappa shape index (κ1) is 23.7. The van der Waals surface area contributed by atoms with E-state index in [1.165, 1.54) is 18.7 Å². The van der Waals surface area contributed by atoms with Crippen LogP contribution in [0.5, 0.6) is 0 Å². The third-order valence-electron chi connectivity index (χ3n) is 6.29. The maximum Gasteiger partial charge on any atom is 0.337 e. The third-order valence-corrected chi connectivity index (χ3v) is 6.29. The number of benzene rings is 2. The van der Waals surface area contributed by atoms with Gasteiger partial charge >= 0.3 is 11.7 Å². The van der Waals surface area contributed by atoms with Crippen LogP contribution in [-0.4, -0.2) is 28.1 Å². The van der Waals surface area contributed by atoms with Crippen LogP contribution in [0.3, 0.4) is 0 Å². The molecule has 0 aliphatic carbocycles. The quantitative estimate of drug-likeness (QED) is 0.563. The van der Waals surface area contributed by atoms with Crippen molar-refractivity contribution in [2.45, 2.75) is 19.8 Å². The predicted octanol–water partition coefficient (Wildman–Crippen LogP) is 2.65. The molecule has 1 aromatic heterocycles. The van der Waals surface area contributed by atoms with Crippen LogP contribution < -0.4 is 21.9 Å². The molecule has 9 heteroatoms. The number of ether oxygens (including phenoxy) is 1. The summed E-state index contributed by atoms with van der Waals surface area (Å²) in [5.41, 5.74) is 2.61. The number of carbonyl (C=O) groups excluding carboxylic acids is 2. The van der Waals surface area contributed by atoms with E-state index in [9.17, 15) is 19.2 Å². The van der Waals surface area contributed by atoms with Crippen molar-refractivity contribution in [3.63, 3.8) is 0 Å². The zero-order valence-electron chi connectivity index (χ0n) is 20.1. The highest BCUT2D eigenvalue weighted by Crippen LogP contribution is 2.40. The molecule has 0 radical (unpaired) electrons. The second-order valence-corrected chi connectivity index (χ2v) is 8.45. The molecule has 0 saturated carbocycles. The lowest BCUT2D eigenvalue weighted by atomic mass is 9.81. The highest BCUT2D eigenvalue weighted by atomic mass is 16.5. The number of para-hydroxylation sites is 1. The zero-order valence-corrected chi connectivity index (χ0v) is 20.1. The Hall–Kier alpha value is -4.40. The highest BCUT2D eigenvalue weighted by Gasteiger charge is 2.36. The first-order chi connectivity index (χ1) is 16.6. The first-order valence-electron chi connectivity index (χ1n) is 11.0. The largest absolute Gasteiger partial charge is 0.465 e. The van der Waals surface area contributed by atoms with E-state index in [2.05, 4.69) is 10.6 Å². The van der Waals surface area contributed by atoms with Crippen molar-refractivity contribution in [2.75, 3.05) is 17.7 Å². The van der Waals surface area contributed by atoms with Gasteiger partial charge in [0.05, 0.1) is 24.2 Å². The molecule has 1 amide bonds. The maximum absolute atomic E-state index is 13.6. The molecule has 0 bridgehead atoms. The Morgan fingerprint density at radius 3 is 2.26 bits per heavy atom. The minimum atomic E-state index is -0.785. The van der Waals surface area contributed by atoms with E-state index in [0.717, 1.165) is 10.1 Å². The Bertz CT molecular complexity index is 1500. The molecular weight excluding hydrogens is 448 g/mol. The fourth-order valence-corrected chi connectivity index (χ4v) is 4.35. The number of nitrogens with one attached hydrogen (secondary N) is 2. The van der Waals surface area contributed by atoms with Gasteiger partial charge in [-0.2, -0.15) is 0 Å². The number of rotatable bonds is 4. The number of hydrogen-bond donors (Lipinski definition) is 2. The van der Waals surface area contributed by atoms with Crippen LogP contribution in [0.1, 0.15) is 39.9 Å². The Morgan fingerprint density at radius 2 is 1.63 bits per heavy atom. The van der Waals surface area contributed by atoms with Gasteiger partial charge in [-0.05, 0) is 43.2 Å². The number of aryl methyl sites for hydroxylation is 1. The summed E-state index contributed by atoms with van der Waals surface area (Å²) in [5.74, 6) is -1.34. The molecule has 3 aromatic rings. The van der Waals surface area contributed by atoms with E-state index < -0.39 is 23.1 Å². The van der Waals surface area contributed by atoms with E-state index in [-0.39, 0.29) is 11.5 Å². The average Bonchev–Trinajstić information content (AvgIpc) is 2.86. The van der Waals surface area contributed by atoms with Crippen molar-refractivity contribution >= 4 is 23.4 Å². The molecular formula is C26H26N4O5. The lowest BCUT2D eigenvalue weighted by Crippen LogP contribution is -2.43. The molecule has 2 aromatic carbocycles. The fourth-order valence-electron chi connectivity index (χ4n) is 4.35. The van der Waals surface area contributed by atoms with Gasteiger partial charge in [0.1, 0.15) is 5.82 Å². The van der Waals surface area contributed by atoms with Gasteiger partial charge < -0.3 is 15.4 Å². The summed E-state index contributed by atoms with van der Waals surface area (Å²) < 4.78 is 7.16. The van der Waals surface area contributed by atoms with Crippen LogP contribution >= 0.6 is 0 Å².